The molecule has 4 atom stereocenters. The van der Waals surface area contributed by atoms with E-state index in [4.69, 9.17) is 37.9 Å². The monoisotopic (exact) mass is 466 g/mol. The topological polar surface area (TPSA) is 87.0 Å². The Morgan fingerprint density at radius 2 is 1.07 bits per heavy atom. The van der Waals surface area contributed by atoms with E-state index >= 15 is 0 Å². The average Bonchev–Trinajstić information content (AvgIpc) is 3.53. The minimum Gasteiger partial charge on any atom is -0.378 e. The molecule has 4 unspecified atom stereocenters. The summed E-state index contributed by atoms with van der Waals surface area (Å²) in [7, 11) is 0. The van der Waals surface area contributed by atoms with Crippen molar-refractivity contribution in [3.8, 4) is 0 Å². The molecule has 10 heteroatoms. The lowest BCUT2D eigenvalue weighted by atomic mass is 10.2. The van der Waals surface area contributed by atoms with Crippen LogP contribution < -0.4 is 0 Å². The molecule has 30 heavy (non-hydrogen) atoms. The normalized spacial score (nSPS) is 30.8. The molecule has 0 amide bonds. The maximum absolute atomic E-state index is 6.04. The Hall–Kier alpha value is 0.380. The summed E-state index contributed by atoms with van der Waals surface area (Å²) in [5.74, 6) is 2.78. The molecule has 8 nitrogen and oxygen atoms in total. The fourth-order valence-electron chi connectivity index (χ4n) is 2.78. The van der Waals surface area contributed by atoms with Gasteiger partial charge in [0.1, 0.15) is 24.4 Å². The lowest BCUT2D eigenvalue weighted by Crippen LogP contribution is -2.41. The molecule has 4 fully saturated rings. The van der Waals surface area contributed by atoms with Gasteiger partial charge >= 0.3 is 0 Å². The fourth-order valence-corrected chi connectivity index (χ4v) is 5.25. The van der Waals surface area contributed by atoms with Crippen LogP contribution in [-0.2, 0) is 37.9 Å². The highest BCUT2D eigenvalue weighted by atomic mass is 32.2. The van der Waals surface area contributed by atoms with E-state index in [1.807, 2.05) is 23.5 Å². The summed E-state index contributed by atoms with van der Waals surface area (Å²) < 4.78 is 44.3. The highest BCUT2D eigenvalue weighted by Gasteiger charge is 2.35. The third-order valence-electron chi connectivity index (χ3n) is 4.93. The van der Waals surface area contributed by atoms with Gasteiger partial charge in [-0.25, -0.2) is 0 Å². The van der Waals surface area contributed by atoms with Crippen LogP contribution in [0.2, 0.25) is 0 Å². The molecule has 4 heterocycles. The second-order valence-corrected chi connectivity index (χ2v) is 10.8. The van der Waals surface area contributed by atoms with Gasteiger partial charge in [-0.2, -0.15) is 11.8 Å². The lowest BCUT2D eigenvalue weighted by molar-refractivity contribution is 0.0500. The van der Waals surface area contributed by atoms with Gasteiger partial charge in [0.05, 0.1) is 84.0 Å². The van der Waals surface area contributed by atoms with Crippen LogP contribution in [0.15, 0.2) is 0 Å². The van der Waals surface area contributed by atoms with Crippen molar-refractivity contribution in [1.29, 1.82) is 0 Å². The first-order chi connectivity index (χ1) is 14.8. The number of epoxide rings is 4. The molecule has 0 aromatic carbocycles. The first-order valence-corrected chi connectivity index (χ1v) is 12.9. The summed E-state index contributed by atoms with van der Waals surface area (Å²) in [6.07, 6.45) is 1.16. The van der Waals surface area contributed by atoms with Crippen molar-refractivity contribution in [2.24, 2.45) is 0 Å². The summed E-state index contributed by atoms with van der Waals surface area (Å²) in [6, 6.07) is 0. The molecule has 4 aliphatic heterocycles. The standard InChI is InChI=1S/C20H34O8S2/c1(21-5-16-9-25-16)3-29-15-20(13-23-7-18-11-27-18,14-24-8-19-12-28-19)30-4-2-22-6-17-10-26-17/h16-19H,1-15H2. The molecule has 4 rings (SSSR count). The molecule has 0 spiro atoms. The maximum Gasteiger partial charge on any atom is 0.104 e. The molecular weight excluding hydrogens is 432 g/mol. The van der Waals surface area contributed by atoms with Gasteiger partial charge in [-0.3, -0.25) is 0 Å². The SMILES string of the molecule is C(CSCC(COCC1CO1)(COCC1CO1)SCCOCC1CO1)OCC1CO1. The molecule has 0 aromatic rings. The number of hydrogen-bond acceptors (Lipinski definition) is 10. The molecule has 0 radical (unpaired) electrons. The number of rotatable bonds is 21. The zero-order valence-electron chi connectivity index (χ0n) is 17.5. The molecule has 0 bridgehead atoms. The van der Waals surface area contributed by atoms with Crippen molar-refractivity contribution >= 4 is 23.5 Å². The molecule has 0 aliphatic carbocycles. The van der Waals surface area contributed by atoms with Crippen molar-refractivity contribution in [1.82, 2.24) is 0 Å². The van der Waals surface area contributed by atoms with E-state index in [1.54, 1.807) is 0 Å². The molecule has 4 saturated heterocycles. The Balaban J connectivity index is 1.19. The van der Waals surface area contributed by atoms with E-state index in [9.17, 15) is 0 Å². The largest absolute Gasteiger partial charge is 0.378 e. The van der Waals surface area contributed by atoms with Gasteiger partial charge in [-0.1, -0.05) is 0 Å². The van der Waals surface area contributed by atoms with Crippen molar-refractivity contribution in [2.45, 2.75) is 29.2 Å². The Kier molecular flexibility index (Phi) is 9.86. The summed E-state index contributed by atoms with van der Waals surface area (Å²) >= 11 is 3.77. The van der Waals surface area contributed by atoms with Crippen LogP contribution in [0.25, 0.3) is 0 Å². The number of thioether (sulfide) groups is 2. The first-order valence-electron chi connectivity index (χ1n) is 10.8. The van der Waals surface area contributed by atoms with Gasteiger partial charge in [0, 0.05) is 17.3 Å². The van der Waals surface area contributed by atoms with Crippen molar-refractivity contribution in [3.05, 3.63) is 0 Å². The molecule has 0 N–H and O–H groups in total. The van der Waals surface area contributed by atoms with Gasteiger partial charge in [0.2, 0.25) is 0 Å². The minimum atomic E-state index is -0.131. The lowest BCUT2D eigenvalue weighted by Gasteiger charge is -2.32. The number of hydrogen-bond donors (Lipinski definition) is 0. The van der Waals surface area contributed by atoms with E-state index in [-0.39, 0.29) is 17.0 Å². The second-order valence-electron chi connectivity index (χ2n) is 8.09. The summed E-state index contributed by atoms with van der Waals surface area (Å²) in [6.45, 7) is 8.71. The van der Waals surface area contributed by atoms with Gasteiger partial charge in [-0.15, -0.1) is 11.8 Å². The Bertz CT molecular complexity index is 465. The summed E-state index contributed by atoms with van der Waals surface area (Å²) in [4.78, 5) is 0. The number of ether oxygens (including phenoxy) is 8. The van der Waals surface area contributed by atoms with Crippen LogP contribution in [0.3, 0.4) is 0 Å². The smallest absolute Gasteiger partial charge is 0.104 e. The maximum atomic E-state index is 6.04. The van der Waals surface area contributed by atoms with Crippen molar-refractivity contribution in [3.63, 3.8) is 0 Å². The van der Waals surface area contributed by atoms with Crippen LogP contribution >= 0.6 is 23.5 Å². The Labute approximate surface area is 187 Å². The van der Waals surface area contributed by atoms with Crippen LogP contribution in [0, 0.1) is 0 Å². The quantitative estimate of drug-likeness (QED) is 0.179. The Morgan fingerprint density at radius 1 is 0.633 bits per heavy atom. The third-order valence-corrected chi connectivity index (χ3v) is 7.69. The van der Waals surface area contributed by atoms with E-state index in [0.29, 0.717) is 58.5 Å². The van der Waals surface area contributed by atoms with Crippen molar-refractivity contribution < 1.29 is 37.9 Å². The predicted molar refractivity (Wildman–Crippen MR) is 115 cm³/mol. The highest BCUT2D eigenvalue weighted by Crippen LogP contribution is 2.32. The van der Waals surface area contributed by atoms with Crippen molar-refractivity contribution in [2.75, 3.05) is 96.5 Å². The zero-order valence-corrected chi connectivity index (χ0v) is 19.1. The van der Waals surface area contributed by atoms with Crippen LogP contribution in [0.1, 0.15) is 0 Å². The van der Waals surface area contributed by atoms with E-state index in [1.165, 1.54) is 0 Å². The van der Waals surface area contributed by atoms with Gasteiger partial charge in [-0.05, 0) is 0 Å². The van der Waals surface area contributed by atoms with Gasteiger partial charge in [0.25, 0.3) is 0 Å². The Morgan fingerprint density at radius 3 is 1.53 bits per heavy atom. The molecule has 174 valence electrons. The van der Waals surface area contributed by atoms with Crippen LogP contribution in [-0.4, -0.2) is 126 Å². The van der Waals surface area contributed by atoms with Crippen LogP contribution in [0.5, 0.6) is 0 Å². The van der Waals surface area contributed by atoms with Crippen LogP contribution in [0.4, 0.5) is 0 Å². The zero-order chi connectivity index (χ0) is 20.5. The van der Waals surface area contributed by atoms with Gasteiger partial charge in [0.15, 0.2) is 0 Å². The summed E-state index contributed by atoms with van der Waals surface area (Å²) in [5.41, 5.74) is 0. The molecule has 0 aromatic heterocycles. The molecule has 0 saturated carbocycles. The second kappa shape index (κ2) is 12.6. The van der Waals surface area contributed by atoms with E-state index < -0.39 is 0 Å². The minimum absolute atomic E-state index is 0.131. The fraction of sp³-hybridized carbons (Fsp3) is 1.00. The highest BCUT2D eigenvalue weighted by molar-refractivity contribution is 8.04. The first kappa shape index (κ1) is 23.5. The third kappa shape index (κ3) is 10.3. The molecule has 4 aliphatic rings. The summed E-state index contributed by atoms with van der Waals surface area (Å²) in [5, 5.41) is 0. The molecular formula is C20H34O8S2. The average molecular weight is 467 g/mol. The predicted octanol–water partition coefficient (Wildman–Crippen LogP) is 0.853. The van der Waals surface area contributed by atoms with E-state index in [0.717, 1.165) is 50.3 Å². The van der Waals surface area contributed by atoms with E-state index in [2.05, 4.69) is 0 Å². The van der Waals surface area contributed by atoms with Gasteiger partial charge < -0.3 is 37.9 Å².